The average Bonchev–Trinajstić information content (AvgIpc) is 2.81. The molecule has 0 aliphatic heterocycles. The van der Waals surface area contributed by atoms with Crippen molar-refractivity contribution in [3.63, 3.8) is 0 Å². The number of hydrogen-bond donors (Lipinski definition) is 2. The standard InChI is InChI=1S/C9H18N2O2/c1-7(3-6-13-2)11-8(12)9(10)4-5-9/h7H,3-6,10H2,1-2H3,(H,11,12). The minimum atomic E-state index is -0.554. The Balaban J connectivity index is 2.19. The fourth-order valence-corrected chi connectivity index (χ4v) is 1.10. The van der Waals surface area contributed by atoms with E-state index in [2.05, 4.69) is 5.32 Å². The largest absolute Gasteiger partial charge is 0.385 e. The Labute approximate surface area is 78.8 Å². The Hall–Kier alpha value is -0.610. The predicted molar refractivity (Wildman–Crippen MR) is 50.3 cm³/mol. The normalized spacial score (nSPS) is 20.8. The lowest BCUT2D eigenvalue weighted by Gasteiger charge is -2.16. The van der Waals surface area contributed by atoms with Gasteiger partial charge in [-0.3, -0.25) is 4.79 Å². The molecule has 1 atom stereocenters. The molecule has 4 nitrogen and oxygen atoms in total. The topological polar surface area (TPSA) is 64.3 Å². The molecule has 1 rings (SSSR count). The highest BCUT2D eigenvalue weighted by molar-refractivity contribution is 5.89. The summed E-state index contributed by atoms with van der Waals surface area (Å²) in [5, 5.41) is 2.87. The van der Waals surface area contributed by atoms with E-state index in [9.17, 15) is 4.79 Å². The monoisotopic (exact) mass is 186 g/mol. The smallest absolute Gasteiger partial charge is 0.240 e. The molecule has 0 aromatic heterocycles. The molecular formula is C9H18N2O2. The van der Waals surface area contributed by atoms with Crippen molar-refractivity contribution in [1.82, 2.24) is 5.32 Å². The Morgan fingerprint density at radius 1 is 1.69 bits per heavy atom. The molecule has 1 fully saturated rings. The lowest BCUT2D eigenvalue weighted by Crippen LogP contribution is -2.46. The van der Waals surface area contributed by atoms with Gasteiger partial charge in [0.1, 0.15) is 0 Å². The van der Waals surface area contributed by atoms with Crippen LogP contribution in [0.2, 0.25) is 0 Å². The highest BCUT2D eigenvalue weighted by atomic mass is 16.5. The van der Waals surface area contributed by atoms with Crippen molar-refractivity contribution in [2.24, 2.45) is 5.73 Å². The first-order valence-electron chi connectivity index (χ1n) is 4.67. The predicted octanol–water partition coefficient (Wildman–Crippen LogP) is 0.0189. The average molecular weight is 186 g/mol. The van der Waals surface area contributed by atoms with E-state index < -0.39 is 5.54 Å². The van der Waals surface area contributed by atoms with E-state index in [-0.39, 0.29) is 11.9 Å². The summed E-state index contributed by atoms with van der Waals surface area (Å²) in [5.41, 5.74) is 5.17. The lowest BCUT2D eigenvalue weighted by atomic mass is 10.2. The number of nitrogens with two attached hydrogens (primary N) is 1. The molecule has 1 saturated carbocycles. The van der Waals surface area contributed by atoms with E-state index in [0.717, 1.165) is 19.3 Å². The number of carbonyl (C=O) groups excluding carboxylic acids is 1. The zero-order chi connectivity index (χ0) is 9.90. The zero-order valence-corrected chi connectivity index (χ0v) is 8.30. The van der Waals surface area contributed by atoms with Gasteiger partial charge in [-0.2, -0.15) is 0 Å². The Morgan fingerprint density at radius 3 is 2.77 bits per heavy atom. The fraction of sp³-hybridized carbons (Fsp3) is 0.889. The molecule has 1 amide bonds. The van der Waals surface area contributed by atoms with Gasteiger partial charge in [0.15, 0.2) is 0 Å². The summed E-state index contributed by atoms with van der Waals surface area (Å²) < 4.78 is 4.91. The number of ether oxygens (including phenoxy) is 1. The van der Waals surface area contributed by atoms with Crippen molar-refractivity contribution in [2.45, 2.75) is 37.8 Å². The second-order valence-electron chi connectivity index (χ2n) is 3.81. The van der Waals surface area contributed by atoms with E-state index in [0.29, 0.717) is 6.61 Å². The molecular weight excluding hydrogens is 168 g/mol. The van der Waals surface area contributed by atoms with Crippen LogP contribution in [-0.4, -0.2) is 31.2 Å². The molecule has 1 unspecified atom stereocenters. The van der Waals surface area contributed by atoms with Gasteiger partial charge in [-0.05, 0) is 26.2 Å². The van der Waals surface area contributed by atoms with Crippen molar-refractivity contribution >= 4 is 5.91 Å². The van der Waals surface area contributed by atoms with Crippen LogP contribution >= 0.6 is 0 Å². The molecule has 0 heterocycles. The number of methoxy groups -OCH3 is 1. The van der Waals surface area contributed by atoms with Gasteiger partial charge in [0.05, 0.1) is 5.54 Å². The highest BCUT2D eigenvalue weighted by Crippen LogP contribution is 2.32. The molecule has 13 heavy (non-hydrogen) atoms. The summed E-state index contributed by atoms with van der Waals surface area (Å²) in [6, 6.07) is 0.147. The van der Waals surface area contributed by atoms with Gasteiger partial charge in [-0.15, -0.1) is 0 Å². The number of nitrogens with one attached hydrogen (secondary N) is 1. The van der Waals surface area contributed by atoms with Crippen LogP contribution in [-0.2, 0) is 9.53 Å². The lowest BCUT2D eigenvalue weighted by molar-refractivity contribution is -0.123. The highest BCUT2D eigenvalue weighted by Gasteiger charge is 2.46. The van der Waals surface area contributed by atoms with Gasteiger partial charge >= 0.3 is 0 Å². The maximum Gasteiger partial charge on any atom is 0.240 e. The third-order valence-corrected chi connectivity index (χ3v) is 2.37. The molecule has 0 spiro atoms. The molecule has 0 saturated heterocycles. The van der Waals surface area contributed by atoms with Crippen LogP contribution in [0, 0.1) is 0 Å². The van der Waals surface area contributed by atoms with Crippen LogP contribution in [0.25, 0.3) is 0 Å². The first kappa shape index (κ1) is 10.5. The van der Waals surface area contributed by atoms with Crippen LogP contribution in [0.15, 0.2) is 0 Å². The minimum absolute atomic E-state index is 0.0175. The van der Waals surface area contributed by atoms with E-state index >= 15 is 0 Å². The van der Waals surface area contributed by atoms with E-state index in [1.165, 1.54) is 0 Å². The van der Waals surface area contributed by atoms with Crippen LogP contribution < -0.4 is 11.1 Å². The summed E-state index contributed by atoms with van der Waals surface area (Å²) in [4.78, 5) is 11.4. The molecule has 1 aliphatic carbocycles. The molecule has 1 aliphatic rings. The second-order valence-corrected chi connectivity index (χ2v) is 3.81. The maximum atomic E-state index is 11.4. The van der Waals surface area contributed by atoms with Crippen molar-refractivity contribution in [3.8, 4) is 0 Å². The Kier molecular flexibility index (Phi) is 3.27. The van der Waals surface area contributed by atoms with Gasteiger partial charge < -0.3 is 15.8 Å². The molecule has 4 heteroatoms. The number of carbonyl (C=O) groups is 1. The van der Waals surface area contributed by atoms with Crippen LogP contribution in [0.1, 0.15) is 26.2 Å². The molecule has 0 aromatic rings. The molecule has 0 radical (unpaired) electrons. The third kappa shape index (κ3) is 2.97. The van der Waals surface area contributed by atoms with Gasteiger partial charge in [0.25, 0.3) is 0 Å². The summed E-state index contributed by atoms with van der Waals surface area (Å²) in [6.45, 7) is 2.63. The Bertz CT molecular complexity index is 190. The summed E-state index contributed by atoms with van der Waals surface area (Å²) >= 11 is 0. The van der Waals surface area contributed by atoms with E-state index in [1.54, 1.807) is 7.11 Å². The molecule has 0 aromatic carbocycles. The van der Waals surface area contributed by atoms with Crippen LogP contribution in [0.5, 0.6) is 0 Å². The van der Waals surface area contributed by atoms with Crippen molar-refractivity contribution < 1.29 is 9.53 Å². The van der Waals surface area contributed by atoms with Crippen LogP contribution in [0.3, 0.4) is 0 Å². The molecule has 76 valence electrons. The fourth-order valence-electron chi connectivity index (χ4n) is 1.10. The van der Waals surface area contributed by atoms with Gasteiger partial charge in [0, 0.05) is 19.8 Å². The zero-order valence-electron chi connectivity index (χ0n) is 8.30. The van der Waals surface area contributed by atoms with Gasteiger partial charge in [0.2, 0.25) is 5.91 Å². The second kappa shape index (κ2) is 4.07. The summed E-state index contributed by atoms with van der Waals surface area (Å²) in [6.07, 6.45) is 2.46. The Morgan fingerprint density at radius 2 is 2.31 bits per heavy atom. The van der Waals surface area contributed by atoms with Crippen molar-refractivity contribution in [3.05, 3.63) is 0 Å². The van der Waals surface area contributed by atoms with Gasteiger partial charge in [-0.25, -0.2) is 0 Å². The number of amides is 1. The van der Waals surface area contributed by atoms with Crippen LogP contribution in [0.4, 0.5) is 0 Å². The van der Waals surface area contributed by atoms with E-state index in [1.807, 2.05) is 6.92 Å². The molecule has 3 N–H and O–H groups in total. The van der Waals surface area contributed by atoms with Gasteiger partial charge in [-0.1, -0.05) is 0 Å². The van der Waals surface area contributed by atoms with Crippen molar-refractivity contribution in [2.75, 3.05) is 13.7 Å². The first-order valence-corrected chi connectivity index (χ1v) is 4.67. The first-order chi connectivity index (χ1) is 6.08. The third-order valence-electron chi connectivity index (χ3n) is 2.37. The molecule has 0 bridgehead atoms. The number of hydrogen-bond acceptors (Lipinski definition) is 3. The maximum absolute atomic E-state index is 11.4. The van der Waals surface area contributed by atoms with E-state index in [4.69, 9.17) is 10.5 Å². The quantitative estimate of drug-likeness (QED) is 0.636. The van der Waals surface area contributed by atoms with Crippen molar-refractivity contribution in [1.29, 1.82) is 0 Å². The number of rotatable bonds is 5. The summed E-state index contributed by atoms with van der Waals surface area (Å²) in [5.74, 6) is -0.0175. The summed E-state index contributed by atoms with van der Waals surface area (Å²) in [7, 11) is 1.65. The minimum Gasteiger partial charge on any atom is -0.385 e. The SMILES string of the molecule is COCCC(C)NC(=O)C1(N)CC1.